The Kier molecular flexibility index (Phi) is 9.84. The Morgan fingerprint density at radius 2 is 1.63 bits per heavy atom. The van der Waals surface area contributed by atoms with E-state index in [0.29, 0.717) is 49.0 Å². The summed E-state index contributed by atoms with van der Waals surface area (Å²) in [5, 5.41) is 2.94. The summed E-state index contributed by atoms with van der Waals surface area (Å²) in [5.74, 6) is 0.465. The highest BCUT2D eigenvalue weighted by Crippen LogP contribution is 2.27. The minimum atomic E-state index is -0.587. The summed E-state index contributed by atoms with van der Waals surface area (Å²) in [7, 11) is 3.18. The Morgan fingerprint density at radius 1 is 0.963 bits per heavy atom. The molecule has 0 bridgehead atoms. The molecule has 27 heavy (non-hydrogen) atoms. The second-order valence-corrected chi connectivity index (χ2v) is 5.66. The smallest absolute Gasteiger partial charge is 0.188 e. The molecule has 2 aromatic rings. The first-order chi connectivity index (χ1) is 12.5. The van der Waals surface area contributed by atoms with E-state index in [1.807, 2.05) is 18.2 Å². The summed E-state index contributed by atoms with van der Waals surface area (Å²) in [6.07, 6.45) is 1.14. The molecule has 0 unspecified atom stereocenters. The van der Waals surface area contributed by atoms with E-state index in [1.165, 1.54) is 12.1 Å². The van der Waals surface area contributed by atoms with Crippen LogP contribution in [-0.4, -0.2) is 33.3 Å². The van der Waals surface area contributed by atoms with Crippen LogP contribution < -0.4 is 20.5 Å². The summed E-state index contributed by atoms with van der Waals surface area (Å²) in [5.41, 5.74) is 7.42. The van der Waals surface area contributed by atoms with Crippen LogP contribution in [0.25, 0.3) is 0 Å². The fourth-order valence-electron chi connectivity index (χ4n) is 2.49. The molecule has 3 N–H and O–H groups in total. The van der Waals surface area contributed by atoms with Crippen molar-refractivity contribution >= 4 is 29.9 Å². The first kappa shape index (κ1) is 22.9. The lowest BCUT2D eigenvalue weighted by molar-refractivity contribution is 0.354. The number of nitrogens with zero attached hydrogens (tertiary/aromatic N) is 1. The zero-order chi connectivity index (χ0) is 18.9. The van der Waals surface area contributed by atoms with Crippen LogP contribution in [0.5, 0.6) is 11.5 Å². The zero-order valence-corrected chi connectivity index (χ0v) is 17.6. The fourth-order valence-corrected chi connectivity index (χ4v) is 2.49. The molecule has 148 valence electrons. The highest BCUT2D eigenvalue weighted by molar-refractivity contribution is 14.0. The van der Waals surface area contributed by atoms with Crippen LogP contribution in [0, 0.1) is 11.6 Å². The van der Waals surface area contributed by atoms with Crippen molar-refractivity contribution in [2.45, 2.75) is 12.8 Å². The maximum atomic E-state index is 13.1. The number of halogens is 3. The predicted molar refractivity (Wildman–Crippen MR) is 113 cm³/mol. The number of benzene rings is 2. The van der Waals surface area contributed by atoms with Gasteiger partial charge in [0.1, 0.15) is 11.6 Å². The number of ether oxygens (including phenoxy) is 2. The zero-order valence-electron chi connectivity index (χ0n) is 15.3. The lowest BCUT2D eigenvalue weighted by atomic mass is 10.1. The van der Waals surface area contributed by atoms with Crippen molar-refractivity contribution in [1.29, 1.82) is 0 Å². The van der Waals surface area contributed by atoms with E-state index >= 15 is 0 Å². The molecular formula is C19H24F2IN3O2. The number of rotatable bonds is 8. The van der Waals surface area contributed by atoms with E-state index in [-0.39, 0.29) is 24.0 Å². The van der Waals surface area contributed by atoms with Crippen molar-refractivity contribution in [3.63, 3.8) is 0 Å². The van der Waals surface area contributed by atoms with Gasteiger partial charge in [-0.05, 0) is 48.2 Å². The largest absolute Gasteiger partial charge is 0.493 e. The number of hydrogen-bond acceptors (Lipinski definition) is 3. The van der Waals surface area contributed by atoms with Gasteiger partial charge in [-0.25, -0.2) is 8.78 Å². The molecule has 0 amide bonds. The molecule has 0 saturated carbocycles. The first-order valence-corrected chi connectivity index (χ1v) is 8.21. The maximum absolute atomic E-state index is 13.1. The van der Waals surface area contributed by atoms with E-state index in [9.17, 15) is 8.78 Å². The van der Waals surface area contributed by atoms with Crippen molar-refractivity contribution in [2.24, 2.45) is 10.7 Å². The summed E-state index contributed by atoms with van der Waals surface area (Å²) in [6, 6.07) is 9.14. The molecule has 0 radical (unpaired) electrons. The van der Waals surface area contributed by atoms with Crippen LogP contribution in [0.3, 0.4) is 0 Å². The quantitative estimate of drug-likeness (QED) is 0.338. The van der Waals surface area contributed by atoms with Crippen LogP contribution in [0.4, 0.5) is 8.78 Å². The number of nitrogens with two attached hydrogens (primary N) is 1. The highest BCUT2D eigenvalue weighted by atomic mass is 127. The molecule has 0 atom stereocenters. The molecule has 0 aliphatic heterocycles. The Balaban J connectivity index is 0.00000364. The topological polar surface area (TPSA) is 68.9 Å². The van der Waals surface area contributed by atoms with Gasteiger partial charge in [0.05, 0.1) is 14.2 Å². The van der Waals surface area contributed by atoms with Crippen molar-refractivity contribution in [3.05, 3.63) is 59.2 Å². The lowest BCUT2D eigenvalue weighted by Crippen LogP contribution is -2.33. The molecule has 2 rings (SSSR count). The van der Waals surface area contributed by atoms with Gasteiger partial charge in [-0.1, -0.05) is 6.07 Å². The normalized spacial score (nSPS) is 10.9. The van der Waals surface area contributed by atoms with E-state index in [1.54, 1.807) is 14.2 Å². The average Bonchev–Trinajstić information content (AvgIpc) is 2.60. The van der Waals surface area contributed by atoms with Crippen molar-refractivity contribution in [3.8, 4) is 11.5 Å². The van der Waals surface area contributed by atoms with Gasteiger partial charge in [-0.15, -0.1) is 24.0 Å². The third-order valence-corrected chi connectivity index (χ3v) is 3.77. The van der Waals surface area contributed by atoms with E-state index in [2.05, 4.69) is 10.3 Å². The molecular weight excluding hydrogens is 467 g/mol. The number of hydrogen-bond donors (Lipinski definition) is 2. The van der Waals surface area contributed by atoms with Gasteiger partial charge in [0.15, 0.2) is 17.5 Å². The molecule has 0 aliphatic carbocycles. The van der Waals surface area contributed by atoms with Gasteiger partial charge in [-0.2, -0.15) is 0 Å². The molecule has 0 heterocycles. The Labute approximate surface area is 175 Å². The number of nitrogens with one attached hydrogen (secondary N) is 1. The second-order valence-electron chi connectivity index (χ2n) is 5.66. The van der Waals surface area contributed by atoms with Crippen LogP contribution in [0.2, 0.25) is 0 Å². The summed E-state index contributed by atoms with van der Waals surface area (Å²) in [6.45, 7) is 0.942. The van der Waals surface area contributed by atoms with Gasteiger partial charge < -0.3 is 20.5 Å². The molecule has 8 heteroatoms. The van der Waals surface area contributed by atoms with Crippen LogP contribution in [0.1, 0.15) is 11.1 Å². The standard InChI is InChI=1S/C19H23F2N3O2.HI/c1-25-17-4-3-13(11-18(17)26-2)5-7-23-19(22)24-8-6-14-9-15(20)12-16(21)10-14;/h3-4,9-12H,5-8H2,1-2H3,(H3,22,23,24);1H. The number of methoxy groups -OCH3 is 2. The van der Waals surface area contributed by atoms with Gasteiger partial charge in [-0.3, -0.25) is 4.99 Å². The van der Waals surface area contributed by atoms with Crippen LogP contribution in [0.15, 0.2) is 41.4 Å². The maximum Gasteiger partial charge on any atom is 0.188 e. The Bertz CT molecular complexity index is 752. The van der Waals surface area contributed by atoms with Gasteiger partial charge in [0.25, 0.3) is 0 Å². The lowest BCUT2D eigenvalue weighted by Gasteiger charge is -2.09. The number of aliphatic imine (C=N–C) groups is 1. The van der Waals surface area contributed by atoms with E-state index in [0.717, 1.165) is 11.6 Å². The van der Waals surface area contributed by atoms with Crippen molar-refractivity contribution < 1.29 is 18.3 Å². The SMILES string of the molecule is COc1ccc(CCN=C(N)NCCc2cc(F)cc(F)c2)cc1OC.I. The molecule has 0 fully saturated rings. The van der Waals surface area contributed by atoms with Gasteiger partial charge >= 0.3 is 0 Å². The monoisotopic (exact) mass is 491 g/mol. The van der Waals surface area contributed by atoms with Gasteiger partial charge in [0, 0.05) is 19.2 Å². The summed E-state index contributed by atoms with van der Waals surface area (Å²) in [4.78, 5) is 4.25. The van der Waals surface area contributed by atoms with E-state index < -0.39 is 11.6 Å². The van der Waals surface area contributed by atoms with Gasteiger partial charge in [0.2, 0.25) is 0 Å². The molecule has 2 aromatic carbocycles. The predicted octanol–water partition coefficient (Wildman–Crippen LogP) is 3.29. The molecule has 0 spiro atoms. The summed E-state index contributed by atoms with van der Waals surface area (Å²) < 4.78 is 36.7. The molecule has 0 saturated heterocycles. The van der Waals surface area contributed by atoms with Crippen molar-refractivity contribution in [1.82, 2.24) is 5.32 Å². The van der Waals surface area contributed by atoms with Crippen LogP contribution >= 0.6 is 24.0 Å². The third-order valence-electron chi connectivity index (χ3n) is 3.77. The highest BCUT2D eigenvalue weighted by Gasteiger charge is 2.04. The molecule has 0 aromatic heterocycles. The minimum Gasteiger partial charge on any atom is -0.493 e. The molecule has 5 nitrogen and oxygen atoms in total. The minimum absolute atomic E-state index is 0. The summed E-state index contributed by atoms with van der Waals surface area (Å²) >= 11 is 0. The third kappa shape index (κ3) is 7.58. The first-order valence-electron chi connectivity index (χ1n) is 8.21. The van der Waals surface area contributed by atoms with Crippen molar-refractivity contribution in [2.75, 3.05) is 27.3 Å². The Hall–Kier alpha value is -2.10. The number of guanidine groups is 1. The van der Waals surface area contributed by atoms with Crippen LogP contribution in [-0.2, 0) is 12.8 Å². The molecule has 0 aliphatic rings. The second kappa shape index (κ2) is 11.6. The fraction of sp³-hybridized carbons (Fsp3) is 0.316. The van der Waals surface area contributed by atoms with E-state index in [4.69, 9.17) is 15.2 Å². The Morgan fingerprint density at radius 3 is 2.26 bits per heavy atom. The average molecular weight is 491 g/mol.